The molecule has 2 aliphatic rings. The van der Waals surface area contributed by atoms with E-state index in [2.05, 4.69) is 10.3 Å². The molecule has 3 rings (SSSR count). The minimum absolute atomic E-state index is 0.0474. The van der Waals surface area contributed by atoms with Gasteiger partial charge in [-0.2, -0.15) is 0 Å². The Hall–Kier alpha value is -1.42. The molecule has 2 saturated heterocycles. The highest BCUT2D eigenvalue weighted by atomic mass is 16.2. The number of likely N-dealkylation sites (tertiary alicyclic amines) is 1. The van der Waals surface area contributed by atoms with Gasteiger partial charge in [0.15, 0.2) is 0 Å². The largest absolute Gasteiger partial charge is 0.335 e. The molecule has 3 heterocycles. The van der Waals surface area contributed by atoms with Crippen molar-refractivity contribution in [1.82, 2.24) is 15.2 Å². The molecule has 90 valence electrons. The number of nitrogens with zero attached hydrogens (tertiary/aromatic N) is 2. The Morgan fingerprint density at radius 1 is 1.47 bits per heavy atom. The van der Waals surface area contributed by atoms with Crippen LogP contribution in [0.5, 0.6) is 0 Å². The Bertz CT molecular complexity index is 406. The van der Waals surface area contributed by atoms with Crippen LogP contribution in [0.1, 0.15) is 18.5 Å². The average molecular weight is 231 g/mol. The van der Waals surface area contributed by atoms with Gasteiger partial charge >= 0.3 is 0 Å². The molecule has 2 aliphatic heterocycles. The summed E-state index contributed by atoms with van der Waals surface area (Å²) in [5, 5.41) is 3.30. The number of amides is 1. The Kier molecular flexibility index (Phi) is 2.81. The average Bonchev–Trinajstić information content (AvgIpc) is 2.37. The fourth-order valence-corrected chi connectivity index (χ4v) is 2.80. The number of carbonyl (C=O) groups excluding carboxylic acids is 1. The van der Waals surface area contributed by atoms with Gasteiger partial charge in [-0.3, -0.25) is 9.78 Å². The first-order valence-corrected chi connectivity index (χ1v) is 6.25. The van der Waals surface area contributed by atoms with E-state index >= 15 is 0 Å². The fraction of sp³-hybridized carbons (Fsp3) is 0.538. The number of hydrogen-bond donors (Lipinski definition) is 1. The van der Waals surface area contributed by atoms with Gasteiger partial charge in [-0.15, -0.1) is 0 Å². The molecule has 0 radical (unpaired) electrons. The summed E-state index contributed by atoms with van der Waals surface area (Å²) in [7, 11) is 0. The zero-order valence-electron chi connectivity index (χ0n) is 9.80. The van der Waals surface area contributed by atoms with Crippen molar-refractivity contribution in [2.45, 2.75) is 25.4 Å². The minimum atomic E-state index is 0.0474. The predicted octanol–water partition coefficient (Wildman–Crippen LogP) is 0.792. The lowest BCUT2D eigenvalue weighted by atomic mass is 9.87. The maximum atomic E-state index is 12.2. The van der Waals surface area contributed by atoms with E-state index in [1.165, 1.54) is 6.42 Å². The zero-order valence-corrected chi connectivity index (χ0v) is 9.80. The maximum Gasteiger partial charge on any atom is 0.240 e. The number of piperidine rings is 2. The first-order chi connectivity index (χ1) is 8.33. The number of hydrogen-bond acceptors (Lipinski definition) is 3. The molecule has 4 nitrogen and oxygen atoms in total. The fourth-order valence-electron chi connectivity index (χ4n) is 2.80. The number of carbonyl (C=O) groups is 1. The molecule has 0 aromatic carbocycles. The number of rotatable bonds is 2. The maximum absolute atomic E-state index is 12.2. The summed E-state index contributed by atoms with van der Waals surface area (Å²) in [4.78, 5) is 18.4. The van der Waals surface area contributed by atoms with Gasteiger partial charge in [0.1, 0.15) is 0 Å². The number of pyridine rings is 1. The SMILES string of the molecule is O=C1[C@H]2C[C@H](CCN2)CN1Cc1ccccn1. The van der Waals surface area contributed by atoms with Gasteiger partial charge < -0.3 is 10.2 Å². The Morgan fingerprint density at radius 3 is 3.24 bits per heavy atom. The summed E-state index contributed by atoms with van der Waals surface area (Å²) in [5.41, 5.74) is 0.973. The van der Waals surface area contributed by atoms with Crippen LogP contribution >= 0.6 is 0 Å². The molecular weight excluding hydrogens is 214 g/mol. The highest BCUT2D eigenvalue weighted by Gasteiger charge is 2.36. The van der Waals surface area contributed by atoms with Crippen molar-refractivity contribution in [3.8, 4) is 0 Å². The number of fused-ring (bicyclic) bond motifs is 2. The molecule has 0 spiro atoms. The molecule has 0 saturated carbocycles. The topological polar surface area (TPSA) is 45.2 Å². The Labute approximate surface area is 101 Å². The molecule has 1 aromatic rings. The summed E-state index contributed by atoms with van der Waals surface area (Å²) in [6.07, 6.45) is 3.98. The van der Waals surface area contributed by atoms with Gasteiger partial charge in [0.05, 0.1) is 18.3 Å². The summed E-state index contributed by atoms with van der Waals surface area (Å²) in [6, 6.07) is 5.89. The van der Waals surface area contributed by atoms with Crippen LogP contribution < -0.4 is 5.32 Å². The standard InChI is InChI=1S/C13H17N3O/c17-13-12-7-10(4-6-15-12)8-16(13)9-11-3-1-2-5-14-11/h1-3,5,10,12,15H,4,6-9H2/t10-,12+/m0/s1. The third-order valence-electron chi connectivity index (χ3n) is 3.68. The van der Waals surface area contributed by atoms with Crippen molar-refractivity contribution >= 4 is 5.91 Å². The predicted molar refractivity (Wildman–Crippen MR) is 64.2 cm³/mol. The van der Waals surface area contributed by atoms with Crippen molar-refractivity contribution in [2.24, 2.45) is 5.92 Å². The van der Waals surface area contributed by atoms with Crippen molar-refractivity contribution in [3.05, 3.63) is 30.1 Å². The van der Waals surface area contributed by atoms with Crippen LogP contribution in [0.4, 0.5) is 0 Å². The highest BCUT2D eigenvalue weighted by molar-refractivity contribution is 5.82. The van der Waals surface area contributed by atoms with Gasteiger partial charge in [0.25, 0.3) is 0 Å². The van der Waals surface area contributed by atoms with Gasteiger partial charge in [0, 0.05) is 12.7 Å². The highest BCUT2D eigenvalue weighted by Crippen LogP contribution is 2.25. The second-order valence-electron chi connectivity index (χ2n) is 4.94. The van der Waals surface area contributed by atoms with Crippen LogP contribution in [0, 0.1) is 5.92 Å². The first kappa shape index (κ1) is 10.7. The molecule has 0 unspecified atom stereocenters. The summed E-state index contributed by atoms with van der Waals surface area (Å²) in [6.45, 7) is 2.53. The number of aromatic nitrogens is 1. The Morgan fingerprint density at radius 2 is 2.41 bits per heavy atom. The van der Waals surface area contributed by atoms with Gasteiger partial charge in [-0.05, 0) is 37.4 Å². The van der Waals surface area contributed by atoms with Crippen molar-refractivity contribution in [3.63, 3.8) is 0 Å². The first-order valence-electron chi connectivity index (χ1n) is 6.25. The van der Waals surface area contributed by atoms with Crippen LogP contribution in [-0.4, -0.2) is 34.9 Å². The molecule has 1 amide bonds. The molecule has 2 atom stereocenters. The lowest BCUT2D eigenvalue weighted by Crippen LogP contribution is -2.56. The van der Waals surface area contributed by atoms with Gasteiger partial charge in [-0.25, -0.2) is 0 Å². The van der Waals surface area contributed by atoms with E-state index in [1.54, 1.807) is 6.20 Å². The van der Waals surface area contributed by atoms with Crippen LogP contribution in [0.15, 0.2) is 24.4 Å². The molecule has 1 aromatic heterocycles. The summed E-state index contributed by atoms with van der Waals surface area (Å²) < 4.78 is 0. The van der Waals surface area contributed by atoms with E-state index in [0.717, 1.165) is 25.2 Å². The monoisotopic (exact) mass is 231 g/mol. The molecule has 1 N–H and O–H groups in total. The molecular formula is C13H17N3O. The summed E-state index contributed by atoms with van der Waals surface area (Å²) in [5.74, 6) is 0.911. The lowest BCUT2D eigenvalue weighted by molar-refractivity contribution is -0.139. The minimum Gasteiger partial charge on any atom is -0.335 e. The van der Waals surface area contributed by atoms with Crippen molar-refractivity contribution in [2.75, 3.05) is 13.1 Å². The van der Waals surface area contributed by atoms with Crippen LogP contribution in [-0.2, 0) is 11.3 Å². The van der Waals surface area contributed by atoms with Crippen LogP contribution in [0.2, 0.25) is 0 Å². The second kappa shape index (κ2) is 4.45. The lowest BCUT2D eigenvalue weighted by Gasteiger charge is -2.41. The summed E-state index contributed by atoms with van der Waals surface area (Å²) >= 11 is 0. The van der Waals surface area contributed by atoms with Gasteiger partial charge in [0.2, 0.25) is 5.91 Å². The molecule has 4 heteroatoms. The quantitative estimate of drug-likeness (QED) is 0.818. The number of nitrogens with one attached hydrogen (secondary N) is 1. The van der Waals surface area contributed by atoms with E-state index in [4.69, 9.17) is 0 Å². The second-order valence-corrected chi connectivity index (χ2v) is 4.94. The molecule has 17 heavy (non-hydrogen) atoms. The van der Waals surface area contributed by atoms with E-state index in [9.17, 15) is 4.79 Å². The normalized spacial score (nSPS) is 28.2. The van der Waals surface area contributed by atoms with Crippen molar-refractivity contribution < 1.29 is 4.79 Å². The van der Waals surface area contributed by atoms with Crippen LogP contribution in [0.25, 0.3) is 0 Å². The molecule has 2 bridgehead atoms. The Balaban J connectivity index is 1.73. The van der Waals surface area contributed by atoms with E-state index in [-0.39, 0.29) is 11.9 Å². The van der Waals surface area contributed by atoms with E-state index < -0.39 is 0 Å². The smallest absolute Gasteiger partial charge is 0.240 e. The third kappa shape index (κ3) is 2.17. The molecule has 0 aliphatic carbocycles. The van der Waals surface area contributed by atoms with Crippen LogP contribution in [0.3, 0.4) is 0 Å². The zero-order chi connectivity index (χ0) is 11.7. The molecule has 2 fully saturated rings. The van der Waals surface area contributed by atoms with Crippen molar-refractivity contribution in [1.29, 1.82) is 0 Å². The van der Waals surface area contributed by atoms with E-state index in [1.807, 2.05) is 23.1 Å². The van der Waals surface area contributed by atoms with E-state index in [0.29, 0.717) is 12.5 Å². The van der Waals surface area contributed by atoms with Gasteiger partial charge in [-0.1, -0.05) is 6.07 Å². The third-order valence-corrected chi connectivity index (χ3v) is 3.68.